The molecule has 1 fully saturated rings. The third-order valence-electron chi connectivity index (χ3n) is 6.69. The smallest absolute Gasteiger partial charge is 0.0963 e. The monoisotopic (exact) mass is 473 g/mol. The molecule has 5 aromatic rings. The van der Waals surface area contributed by atoms with E-state index in [-0.39, 0.29) is 0 Å². The van der Waals surface area contributed by atoms with Gasteiger partial charge in [-0.3, -0.25) is 14.7 Å². The molecule has 1 N–H and O–H groups in total. The summed E-state index contributed by atoms with van der Waals surface area (Å²) < 4.78 is 7.40. The maximum absolute atomic E-state index is 5.48. The molecule has 8 heteroatoms. The van der Waals surface area contributed by atoms with Crippen LogP contribution in [0.25, 0.3) is 43.2 Å². The zero-order valence-corrected chi connectivity index (χ0v) is 19.9. The van der Waals surface area contributed by atoms with Gasteiger partial charge in [-0.1, -0.05) is 12.1 Å². The lowest BCUT2D eigenvalue weighted by Crippen LogP contribution is -2.35. The van der Waals surface area contributed by atoms with Gasteiger partial charge in [0, 0.05) is 74.7 Å². The number of morpholine rings is 1. The summed E-state index contributed by atoms with van der Waals surface area (Å²) in [6, 6.07) is 13.4. The van der Waals surface area contributed by atoms with Crippen molar-refractivity contribution >= 4 is 33.6 Å². The lowest BCUT2D eigenvalue weighted by molar-refractivity contribution is 0.0346. The summed E-state index contributed by atoms with van der Waals surface area (Å²) in [7, 11) is 1.98. The van der Waals surface area contributed by atoms with Crippen LogP contribution in [0.15, 0.2) is 42.6 Å². The van der Waals surface area contributed by atoms with E-state index in [2.05, 4.69) is 51.5 Å². The fourth-order valence-electron chi connectivity index (χ4n) is 4.92. The summed E-state index contributed by atoms with van der Waals surface area (Å²) >= 11 is 3.84. The van der Waals surface area contributed by atoms with E-state index in [1.807, 2.05) is 40.6 Å². The molecular formula is C25H23N5OS2. The third kappa shape index (κ3) is 3.28. The third-order valence-corrected chi connectivity index (χ3v) is 9.09. The van der Waals surface area contributed by atoms with Crippen molar-refractivity contribution < 1.29 is 4.74 Å². The summed E-state index contributed by atoms with van der Waals surface area (Å²) in [4.78, 5) is 8.06. The maximum atomic E-state index is 5.48. The Bertz CT molecular complexity index is 1480. The Morgan fingerprint density at radius 1 is 1.06 bits per heavy atom. The Balaban J connectivity index is 1.17. The number of hydrogen-bond acceptors (Lipinski definition) is 6. The van der Waals surface area contributed by atoms with Crippen LogP contribution in [-0.4, -0.2) is 51.2 Å². The molecule has 0 bridgehead atoms. The molecule has 1 aromatic carbocycles. The van der Waals surface area contributed by atoms with Crippen molar-refractivity contribution in [1.82, 2.24) is 24.9 Å². The van der Waals surface area contributed by atoms with Crippen LogP contribution in [0.2, 0.25) is 0 Å². The minimum absolute atomic E-state index is 0.848. The number of fused-ring (bicyclic) bond motifs is 4. The van der Waals surface area contributed by atoms with Crippen LogP contribution in [0.1, 0.15) is 15.3 Å². The summed E-state index contributed by atoms with van der Waals surface area (Å²) in [5.74, 6) is 0. The van der Waals surface area contributed by atoms with Crippen LogP contribution < -0.4 is 0 Å². The number of aromatic amines is 1. The second-order valence-corrected chi connectivity index (χ2v) is 11.1. The van der Waals surface area contributed by atoms with Gasteiger partial charge in [-0.2, -0.15) is 10.2 Å². The van der Waals surface area contributed by atoms with Crippen LogP contribution in [-0.2, 0) is 24.8 Å². The largest absolute Gasteiger partial charge is 0.379 e. The van der Waals surface area contributed by atoms with Gasteiger partial charge in [-0.25, -0.2) is 0 Å². The van der Waals surface area contributed by atoms with Gasteiger partial charge in [0.1, 0.15) is 0 Å². The van der Waals surface area contributed by atoms with E-state index in [4.69, 9.17) is 9.84 Å². The predicted molar refractivity (Wildman–Crippen MR) is 134 cm³/mol. The SMILES string of the molecule is Cn1ncc2ccc(-c3n[nH]c4c3Cc3sc(-c5ccc(CN6CCOCC6)s5)cc3-4)cc21. The van der Waals surface area contributed by atoms with Crippen LogP contribution in [0.5, 0.6) is 0 Å². The summed E-state index contributed by atoms with van der Waals surface area (Å²) in [5.41, 5.74) is 7.13. The molecule has 7 rings (SSSR count). The standard InChI is InChI=1S/C25H23N5OS2/c1-29-20-10-15(2-3-16(20)13-26-29)24-19-12-22-18(25(19)28-27-24)11-23(33-22)21-5-4-17(32-21)14-30-6-8-31-9-7-30/h2-5,10-11,13H,6-9,12,14H2,1H3,(H,27,28). The first-order valence-electron chi connectivity index (χ1n) is 11.2. The fraction of sp³-hybridized carbons (Fsp3) is 0.280. The van der Waals surface area contributed by atoms with Gasteiger partial charge in [-0.15, -0.1) is 22.7 Å². The number of thiophene rings is 2. The molecule has 1 saturated heterocycles. The van der Waals surface area contributed by atoms with E-state index < -0.39 is 0 Å². The van der Waals surface area contributed by atoms with Crippen molar-refractivity contribution in [3.8, 4) is 32.3 Å². The fourth-order valence-corrected chi connectivity index (χ4v) is 7.23. The van der Waals surface area contributed by atoms with Crippen LogP contribution in [0.4, 0.5) is 0 Å². The lowest BCUT2D eigenvalue weighted by atomic mass is 10.0. The van der Waals surface area contributed by atoms with Gasteiger partial charge in [-0.05, 0) is 24.3 Å². The summed E-state index contributed by atoms with van der Waals surface area (Å²) in [6.45, 7) is 4.77. The molecule has 33 heavy (non-hydrogen) atoms. The van der Waals surface area contributed by atoms with Crippen LogP contribution in [0.3, 0.4) is 0 Å². The molecule has 1 aliphatic heterocycles. The van der Waals surface area contributed by atoms with E-state index in [9.17, 15) is 0 Å². The van der Waals surface area contributed by atoms with Crippen LogP contribution >= 0.6 is 22.7 Å². The molecule has 0 spiro atoms. The van der Waals surface area contributed by atoms with E-state index in [0.29, 0.717) is 0 Å². The Morgan fingerprint density at radius 2 is 1.97 bits per heavy atom. The Hall–Kier alpha value is -2.78. The van der Waals surface area contributed by atoms with Gasteiger partial charge >= 0.3 is 0 Å². The molecule has 6 nitrogen and oxygen atoms in total. The van der Waals surface area contributed by atoms with E-state index in [0.717, 1.165) is 61.4 Å². The van der Waals surface area contributed by atoms with Crippen molar-refractivity contribution in [2.45, 2.75) is 13.0 Å². The van der Waals surface area contributed by atoms with Gasteiger partial charge in [0.15, 0.2) is 0 Å². The van der Waals surface area contributed by atoms with E-state index in [1.165, 1.54) is 36.3 Å². The van der Waals surface area contributed by atoms with Crippen molar-refractivity contribution in [2.75, 3.05) is 26.3 Å². The number of ether oxygens (including phenoxy) is 1. The first kappa shape index (κ1) is 19.7. The number of nitrogens with zero attached hydrogens (tertiary/aromatic N) is 4. The molecule has 5 heterocycles. The second-order valence-electron chi connectivity index (χ2n) is 8.75. The highest BCUT2D eigenvalue weighted by Crippen LogP contribution is 2.47. The average Bonchev–Trinajstić information content (AvgIpc) is 3.63. The topological polar surface area (TPSA) is 59.0 Å². The van der Waals surface area contributed by atoms with E-state index in [1.54, 1.807) is 0 Å². The molecule has 0 amide bonds. The average molecular weight is 474 g/mol. The highest BCUT2D eigenvalue weighted by molar-refractivity contribution is 7.22. The predicted octanol–water partition coefficient (Wildman–Crippen LogP) is 5.16. The summed E-state index contributed by atoms with van der Waals surface area (Å²) in [6.07, 6.45) is 2.85. The maximum Gasteiger partial charge on any atom is 0.0963 e. The number of nitrogens with one attached hydrogen (secondary N) is 1. The van der Waals surface area contributed by atoms with Gasteiger partial charge in [0.2, 0.25) is 0 Å². The second kappa shape index (κ2) is 7.63. The molecule has 2 aliphatic rings. The molecule has 0 atom stereocenters. The van der Waals surface area contributed by atoms with Crippen molar-refractivity contribution in [3.05, 3.63) is 57.9 Å². The van der Waals surface area contributed by atoms with Gasteiger partial charge in [0.25, 0.3) is 0 Å². The minimum Gasteiger partial charge on any atom is -0.379 e. The first-order chi connectivity index (χ1) is 16.2. The van der Waals surface area contributed by atoms with Gasteiger partial charge in [0.05, 0.1) is 36.3 Å². The van der Waals surface area contributed by atoms with Crippen LogP contribution in [0, 0.1) is 0 Å². The number of aryl methyl sites for hydroxylation is 1. The Kier molecular flexibility index (Phi) is 4.55. The molecule has 0 unspecified atom stereocenters. The normalized spacial score (nSPS) is 15.9. The number of benzene rings is 1. The minimum atomic E-state index is 0.848. The molecular weight excluding hydrogens is 450 g/mol. The molecule has 0 radical (unpaired) electrons. The van der Waals surface area contributed by atoms with Crippen molar-refractivity contribution in [1.29, 1.82) is 0 Å². The van der Waals surface area contributed by atoms with E-state index >= 15 is 0 Å². The van der Waals surface area contributed by atoms with Crippen molar-refractivity contribution in [3.63, 3.8) is 0 Å². The Morgan fingerprint density at radius 3 is 2.88 bits per heavy atom. The zero-order chi connectivity index (χ0) is 21.9. The van der Waals surface area contributed by atoms with Crippen molar-refractivity contribution in [2.24, 2.45) is 7.05 Å². The molecule has 1 aliphatic carbocycles. The Labute approximate surface area is 199 Å². The molecule has 4 aromatic heterocycles. The lowest BCUT2D eigenvalue weighted by Gasteiger charge is -2.25. The zero-order valence-electron chi connectivity index (χ0n) is 18.3. The molecule has 0 saturated carbocycles. The number of hydrogen-bond donors (Lipinski definition) is 1. The highest BCUT2D eigenvalue weighted by atomic mass is 32.1. The first-order valence-corrected chi connectivity index (χ1v) is 12.9. The highest BCUT2D eigenvalue weighted by Gasteiger charge is 2.28. The number of rotatable bonds is 4. The summed E-state index contributed by atoms with van der Waals surface area (Å²) in [5, 5.41) is 13.6. The number of H-pyrrole nitrogens is 1. The van der Waals surface area contributed by atoms with Gasteiger partial charge < -0.3 is 4.74 Å². The number of aromatic nitrogens is 4. The quantitative estimate of drug-likeness (QED) is 0.384. The molecule has 166 valence electrons.